The molecule has 1 aromatic carbocycles. The molecule has 19 heavy (non-hydrogen) atoms. The highest BCUT2D eigenvalue weighted by molar-refractivity contribution is 5.93. The first-order chi connectivity index (χ1) is 9.20. The van der Waals surface area contributed by atoms with Crippen molar-refractivity contribution in [1.29, 1.82) is 0 Å². The Morgan fingerprint density at radius 1 is 1.16 bits per heavy atom. The minimum absolute atomic E-state index is 0.231. The highest BCUT2D eigenvalue weighted by Crippen LogP contribution is 2.07. The van der Waals surface area contributed by atoms with Gasteiger partial charge in [-0.25, -0.2) is 0 Å². The van der Waals surface area contributed by atoms with E-state index in [9.17, 15) is 9.59 Å². The minimum Gasteiger partial charge on any atom is -0.348 e. The summed E-state index contributed by atoms with van der Waals surface area (Å²) >= 11 is 0. The number of rotatable bonds is 4. The van der Waals surface area contributed by atoms with Crippen molar-refractivity contribution in [3.05, 3.63) is 69.6 Å². The molecule has 0 fully saturated rings. The van der Waals surface area contributed by atoms with Gasteiger partial charge in [-0.3, -0.25) is 9.59 Å². The van der Waals surface area contributed by atoms with Crippen molar-refractivity contribution in [2.24, 2.45) is 5.73 Å². The molecule has 5 nitrogen and oxygen atoms in total. The molecule has 0 aliphatic heterocycles. The SMILES string of the molecule is NCc1ccccc1CNC(=O)c1ccc(=O)[nH]c1. The van der Waals surface area contributed by atoms with Crippen LogP contribution in [0.25, 0.3) is 0 Å². The van der Waals surface area contributed by atoms with Crippen LogP contribution in [0.3, 0.4) is 0 Å². The lowest BCUT2D eigenvalue weighted by Gasteiger charge is -2.09. The first-order valence-corrected chi connectivity index (χ1v) is 5.94. The number of hydrogen-bond donors (Lipinski definition) is 3. The molecule has 1 heterocycles. The number of nitrogens with two attached hydrogens (primary N) is 1. The summed E-state index contributed by atoms with van der Waals surface area (Å²) in [5.74, 6) is -0.233. The Labute approximate surface area is 110 Å². The fourth-order valence-electron chi connectivity index (χ4n) is 1.76. The first-order valence-electron chi connectivity index (χ1n) is 5.94. The van der Waals surface area contributed by atoms with Crippen molar-refractivity contribution in [1.82, 2.24) is 10.3 Å². The second-order valence-corrected chi connectivity index (χ2v) is 4.10. The van der Waals surface area contributed by atoms with E-state index in [1.807, 2.05) is 24.3 Å². The third-order valence-electron chi connectivity index (χ3n) is 2.82. The summed E-state index contributed by atoms with van der Waals surface area (Å²) < 4.78 is 0. The normalized spacial score (nSPS) is 10.2. The monoisotopic (exact) mass is 257 g/mol. The number of carbonyl (C=O) groups is 1. The van der Waals surface area contributed by atoms with E-state index in [-0.39, 0.29) is 11.5 Å². The van der Waals surface area contributed by atoms with Gasteiger partial charge in [-0.2, -0.15) is 0 Å². The number of H-pyrrole nitrogens is 1. The molecule has 0 radical (unpaired) electrons. The van der Waals surface area contributed by atoms with E-state index >= 15 is 0 Å². The van der Waals surface area contributed by atoms with Gasteiger partial charge in [-0.05, 0) is 17.2 Å². The fraction of sp³-hybridized carbons (Fsp3) is 0.143. The van der Waals surface area contributed by atoms with E-state index in [1.54, 1.807) is 0 Å². The van der Waals surface area contributed by atoms with Gasteiger partial charge in [0, 0.05) is 25.4 Å². The van der Waals surface area contributed by atoms with Gasteiger partial charge in [0.05, 0.1) is 5.56 Å². The number of aromatic amines is 1. The second kappa shape index (κ2) is 5.97. The van der Waals surface area contributed by atoms with Gasteiger partial charge in [0.15, 0.2) is 0 Å². The van der Waals surface area contributed by atoms with Crippen LogP contribution in [0.2, 0.25) is 0 Å². The zero-order chi connectivity index (χ0) is 13.7. The molecule has 5 heteroatoms. The molecule has 1 aromatic heterocycles. The number of pyridine rings is 1. The summed E-state index contributed by atoms with van der Waals surface area (Å²) in [5.41, 5.74) is 7.81. The summed E-state index contributed by atoms with van der Waals surface area (Å²) in [6.45, 7) is 0.843. The molecule has 0 bridgehead atoms. The van der Waals surface area contributed by atoms with E-state index in [0.717, 1.165) is 11.1 Å². The molecule has 0 unspecified atom stereocenters. The standard InChI is InChI=1S/C14H15N3O2/c15-7-10-3-1-2-4-11(10)8-17-14(19)12-5-6-13(18)16-9-12/h1-6,9H,7-8,15H2,(H,16,18)(H,17,19). The molecule has 0 aliphatic carbocycles. The number of nitrogens with one attached hydrogen (secondary N) is 2. The summed E-state index contributed by atoms with van der Waals surface area (Å²) in [5, 5.41) is 2.79. The molecule has 1 amide bonds. The van der Waals surface area contributed by atoms with Crippen molar-refractivity contribution >= 4 is 5.91 Å². The van der Waals surface area contributed by atoms with Crippen LogP contribution in [0.4, 0.5) is 0 Å². The van der Waals surface area contributed by atoms with Crippen molar-refractivity contribution in [3.8, 4) is 0 Å². The van der Waals surface area contributed by atoms with Crippen LogP contribution in [0, 0.1) is 0 Å². The van der Waals surface area contributed by atoms with Crippen LogP contribution in [-0.4, -0.2) is 10.9 Å². The molecular formula is C14H15N3O2. The minimum atomic E-state index is -0.233. The Balaban J connectivity index is 2.04. The third kappa shape index (κ3) is 3.29. The predicted octanol–water partition coefficient (Wildman–Crippen LogP) is 0.764. The van der Waals surface area contributed by atoms with Gasteiger partial charge in [0.25, 0.3) is 5.91 Å². The Hall–Kier alpha value is -2.40. The predicted molar refractivity (Wildman–Crippen MR) is 72.6 cm³/mol. The van der Waals surface area contributed by atoms with Crippen molar-refractivity contribution in [3.63, 3.8) is 0 Å². The maximum Gasteiger partial charge on any atom is 0.253 e. The summed E-state index contributed by atoms with van der Waals surface area (Å²) in [7, 11) is 0. The van der Waals surface area contributed by atoms with E-state index in [4.69, 9.17) is 5.73 Å². The van der Waals surface area contributed by atoms with Gasteiger partial charge < -0.3 is 16.0 Å². The van der Waals surface area contributed by atoms with Gasteiger partial charge in [-0.1, -0.05) is 24.3 Å². The molecule has 0 spiro atoms. The summed E-state index contributed by atoms with van der Waals surface area (Å²) in [4.78, 5) is 25.2. The van der Waals surface area contributed by atoms with Gasteiger partial charge in [0.1, 0.15) is 0 Å². The zero-order valence-corrected chi connectivity index (χ0v) is 10.3. The van der Waals surface area contributed by atoms with E-state index < -0.39 is 0 Å². The lowest BCUT2D eigenvalue weighted by atomic mass is 10.1. The lowest BCUT2D eigenvalue weighted by Crippen LogP contribution is -2.24. The maximum absolute atomic E-state index is 11.9. The molecule has 0 atom stereocenters. The molecule has 2 rings (SSSR count). The number of hydrogen-bond acceptors (Lipinski definition) is 3. The average Bonchev–Trinajstić information content (AvgIpc) is 2.45. The number of aromatic nitrogens is 1. The molecule has 0 saturated heterocycles. The summed E-state index contributed by atoms with van der Waals surface area (Å²) in [6, 6.07) is 10.5. The van der Waals surface area contributed by atoms with Crippen LogP contribution in [0.5, 0.6) is 0 Å². The fourth-order valence-corrected chi connectivity index (χ4v) is 1.76. The molecule has 2 aromatic rings. The van der Waals surface area contributed by atoms with E-state index in [1.165, 1.54) is 18.3 Å². The Bertz CT molecular complexity index is 614. The summed E-state index contributed by atoms with van der Waals surface area (Å²) in [6.07, 6.45) is 1.40. The number of benzene rings is 1. The zero-order valence-electron chi connectivity index (χ0n) is 10.3. The lowest BCUT2D eigenvalue weighted by molar-refractivity contribution is 0.0950. The second-order valence-electron chi connectivity index (χ2n) is 4.10. The maximum atomic E-state index is 11.9. The third-order valence-corrected chi connectivity index (χ3v) is 2.82. The van der Waals surface area contributed by atoms with Crippen LogP contribution < -0.4 is 16.6 Å². The average molecular weight is 257 g/mol. The van der Waals surface area contributed by atoms with E-state index in [0.29, 0.717) is 18.7 Å². The number of carbonyl (C=O) groups excluding carboxylic acids is 1. The molecule has 0 saturated carbocycles. The highest BCUT2D eigenvalue weighted by Gasteiger charge is 2.06. The molecule has 98 valence electrons. The molecule has 4 N–H and O–H groups in total. The number of amides is 1. The Kier molecular flexibility index (Phi) is 4.10. The topological polar surface area (TPSA) is 88.0 Å². The van der Waals surface area contributed by atoms with Crippen LogP contribution in [-0.2, 0) is 13.1 Å². The van der Waals surface area contributed by atoms with Crippen molar-refractivity contribution < 1.29 is 4.79 Å². The van der Waals surface area contributed by atoms with Crippen LogP contribution >= 0.6 is 0 Å². The quantitative estimate of drug-likeness (QED) is 0.755. The van der Waals surface area contributed by atoms with Crippen LogP contribution in [0.15, 0.2) is 47.4 Å². The van der Waals surface area contributed by atoms with Crippen LogP contribution in [0.1, 0.15) is 21.5 Å². The van der Waals surface area contributed by atoms with Crippen molar-refractivity contribution in [2.45, 2.75) is 13.1 Å². The Morgan fingerprint density at radius 3 is 2.53 bits per heavy atom. The Morgan fingerprint density at radius 2 is 1.89 bits per heavy atom. The smallest absolute Gasteiger partial charge is 0.253 e. The van der Waals surface area contributed by atoms with Crippen molar-refractivity contribution in [2.75, 3.05) is 0 Å². The largest absolute Gasteiger partial charge is 0.348 e. The van der Waals surface area contributed by atoms with Gasteiger partial charge in [0.2, 0.25) is 5.56 Å². The molecule has 0 aliphatic rings. The first kappa shape index (κ1) is 13.0. The molecular weight excluding hydrogens is 242 g/mol. The van der Waals surface area contributed by atoms with Gasteiger partial charge >= 0.3 is 0 Å². The highest BCUT2D eigenvalue weighted by atomic mass is 16.1. The van der Waals surface area contributed by atoms with E-state index in [2.05, 4.69) is 10.3 Å². The van der Waals surface area contributed by atoms with Gasteiger partial charge in [-0.15, -0.1) is 0 Å².